The lowest BCUT2D eigenvalue weighted by Crippen LogP contribution is -2.29. The molecular weight excluding hydrogens is 400 g/mol. The molecule has 7 nitrogen and oxygen atoms in total. The Morgan fingerprint density at radius 1 is 1.17 bits per heavy atom. The lowest BCUT2D eigenvalue weighted by atomic mass is 10.2. The fraction of sp³-hybridized carbons (Fsp3) is 0.409. The highest BCUT2D eigenvalue weighted by Crippen LogP contribution is 2.30. The number of rotatable bonds is 9. The fourth-order valence-corrected chi connectivity index (χ4v) is 3.41. The number of nitrogens with one attached hydrogen (secondary N) is 3. The number of urea groups is 1. The number of anilines is 1. The van der Waals surface area contributed by atoms with E-state index in [1.165, 1.54) is 12.8 Å². The van der Waals surface area contributed by atoms with Crippen molar-refractivity contribution < 1.29 is 4.79 Å². The minimum Gasteiger partial charge on any atom is -0.338 e. The molecule has 3 aromatic rings. The smallest absolute Gasteiger partial charge is 0.319 e. The number of amides is 2. The third-order valence-electron chi connectivity index (χ3n) is 4.77. The standard InChI is InChI=1S/C22H29ClN6O/c1-15-12-19-21(25-14-15)28-20(27-19)17-13-16(8-9-18(17)23)26-22(30)24-10-6-4-5-7-11-29(2)3/h8-9,12-14H,4-7,10-11H2,1-3H3,(H2,24,26,30)(H,25,27,28). The summed E-state index contributed by atoms with van der Waals surface area (Å²) in [5.74, 6) is 0.620. The van der Waals surface area contributed by atoms with Crippen LogP contribution in [0.25, 0.3) is 22.6 Å². The van der Waals surface area contributed by atoms with Crippen molar-refractivity contribution in [2.24, 2.45) is 0 Å². The first-order valence-electron chi connectivity index (χ1n) is 10.2. The van der Waals surface area contributed by atoms with Crippen LogP contribution in [0.3, 0.4) is 0 Å². The number of aromatic amines is 1. The van der Waals surface area contributed by atoms with E-state index in [0.717, 1.165) is 30.5 Å². The molecule has 0 saturated heterocycles. The largest absolute Gasteiger partial charge is 0.338 e. The van der Waals surface area contributed by atoms with E-state index in [4.69, 9.17) is 11.6 Å². The highest BCUT2D eigenvalue weighted by atomic mass is 35.5. The van der Waals surface area contributed by atoms with Gasteiger partial charge in [0.2, 0.25) is 0 Å². The summed E-state index contributed by atoms with van der Waals surface area (Å²) in [6, 6.07) is 7.11. The summed E-state index contributed by atoms with van der Waals surface area (Å²) in [6.07, 6.45) is 6.22. The quantitative estimate of drug-likeness (QED) is 0.426. The van der Waals surface area contributed by atoms with Gasteiger partial charge in [-0.3, -0.25) is 0 Å². The minimum absolute atomic E-state index is 0.224. The maximum absolute atomic E-state index is 12.2. The molecule has 0 aliphatic heterocycles. The number of unbranched alkanes of at least 4 members (excludes halogenated alkanes) is 3. The van der Waals surface area contributed by atoms with Crippen LogP contribution in [-0.4, -0.2) is 53.1 Å². The number of aryl methyl sites for hydroxylation is 1. The Balaban J connectivity index is 1.55. The Labute approximate surface area is 182 Å². The number of pyridine rings is 1. The van der Waals surface area contributed by atoms with Gasteiger partial charge in [-0.1, -0.05) is 24.4 Å². The molecule has 0 fully saturated rings. The van der Waals surface area contributed by atoms with Crippen LogP contribution in [0, 0.1) is 6.92 Å². The summed E-state index contributed by atoms with van der Waals surface area (Å²) >= 11 is 6.38. The highest BCUT2D eigenvalue weighted by molar-refractivity contribution is 6.33. The summed E-state index contributed by atoms with van der Waals surface area (Å²) in [5.41, 5.74) is 3.90. The maximum atomic E-state index is 12.2. The predicted molar refractivity (Wildman–Crippen MR) is 123 cm³/mol. The van der Waals surface area contributed by atoms with Gasteiger partial charge in [0.25, 0.3) is 0 Å². The van der Waals surface area contributed by atoms with E-state index < -0.39 is 0 Å². The predicted octanol–water partition coefficient (Wildman–Crippen LogP) is 4.83. The molecule has 0 saturated carbocycles. The van der Waals surface area contributed by atoms with Gasteiger partial charge in [-0.25, -0.2) is 14.8 Å². The van der Waals surface area contributed by atoms with Gasteiger partial charge in [0.1, 0.15) is 5.82 Å². The van der Waals surface area contributed by atoms with Gasteiger partial charge in [-0.15, -0.1) is 0 Å². The maximum Gasteiger partial charge on any atom is 0.319 e. The van der Waals surface area contributed by atoms with E-state index in [1.54, 1.807) is 18.3 Å². The van der Waals surface area contributed by atoms with E-state index in [2.05, 4.69) is 44.6 Å². The van der Waals surface area contributed by atoms with E-state index in [9.17, 15) is 4.79 Å². The SMILES string of the molecule is Cc1cnc2nc(-c3cc(NC(=O)NCCCCCCN(C)C)ccc3Cl)[nH]c2c1. The van der Waals surface area contributed by atoms with Crippen molar-refractivity contribution in [3.05, 3.63) is 41.0 Å². The Morgan fingerprint density at radius 2 is 1.97 bits per heavy atom. The van der Waals surface area contributed by atoms with Crippen LogP contribution in [0.15, 0.2) is 30.5 Å². The minimum atomic E-state index is -0.224. The van der Waals surface area contributed by atoms with Crippen molar-refractivity contribution in [3.63, 3.8) is 0 Å². The Hall–Kier alpha value is -2.64. The van der Waals surface area contributed by atoms with Crippen LogP contribution in [0.1, 0.15) is 31.2 Å². The van der Waals surface area contributed by atoms with Gasteiger partial charge in [0.15, 0.2) is 5.65 Å². The summed E-state index contributed by atoms with van der Waals surface area (Å²) in [5, 5.41) is 6.32. The molecule has 3 rings (SSSR count). The molecular formula is C22H29ClN6O. The number of fused-ring (bicyclic) bond motifs is 1. The van der Waals surface area contributed by atoms with E-state index >= 15 is 0 Å². The molecule has 2 heterocycles. The summed E-state index contributed by atoms with van der Waals surface area (Å²) in [4.78, 5) is 26.5. The number of halogens is 1. The van der Waals surface area contributed by atoms with Crippen molar-refractivity contribution in [2.75, 3.05) is 32.5 Å². The van der Waals surface area contributed by atoms with Crippen molar-refractivity contribution in [2.45, 2.75) is 32.6 Å². The van der Waals surface area contributed by atoms with Crippen LogP contribution >= 0.6 is 11.6 Å². The van der Waals surface area contributed by atoms with Gasteiger partial charge in [0, 0.05) is 24.0 Å². The van der Waals surface area contributed by atoms with Gasteiger partial charge in [-0.2, -0.15) is 0 Å². The fourth-order valence-electron chi connectivity index (χ4n) is 3.20. The lowest BCUT2D eigenvalue weighted by Gasteiger charge is -2.10. The lowest BCUT2D eigenvalue weighted by molar-refractivity contribution is 0.252. The van der Waals surface area contributed by atoms with Gasteiger partial charge in [0.05, 0.1) is 10.5 Å². The molecule has 3 N–H and O–H groups in total. The molecule has 0 bridgehead atoms. The molecule has 8 heteroatoms. The van der Waals surface area contributed by atoms with Crippen molar-refractivity contribution in [1.82, 2.24) is 25.2 Å². The average molecular weight is 429 g/mol. The van der Waals surface area contributed by atoms with Crippen LogP contribution in [-0.2, 0) is 0 Å². The Bertz CT molecular complexity index is 1000. The first kappa shape index (κ1) is 22.1. The third kappa shape index (κ3) is 6.18. The second-order valence-corrected chi connectivity index (χ2v) is 8.17. The number of hydrogen-bond acceptors (Lipinski definition) is 4. The molecule has 0 unspecified atom stereocenters. The van der Waals surface area contributed by atoms with Crippen molar-refractivity contribution in [1.29, 1.82) is 0 Å². The van der Waals surface area contributed by atoms with Crippen LogP contribution in [0.5, 0.6) is 0 Å². The van der Waals surface area contributed by atoms with Crippen LogP contribution in [0.4, 0.5) is 10.5 Å². The second kappa shape index (κ2) is 10.4. The average Bonchev–Trinajstić information content (AvgIpc) is 3.11. The summed E-state index contributed by atoms with van der Waals surface area (Å²) in [6.45, 7) is 3.74. The number of aromatic nitrogens is 3. The first-order valence-corrected chi connectivity index (χ1v) is 10.6. The van der Waals surface area contributed by atoms with E-state index in [-0.39, 0.29) is 6.03 Å². The molecule has 30 heavy (non-hydrogen) atoms. The molecule has 2 amide bonds. The normalized spacial score (nSPS) is 11.2. The van der Waals surface area contributed by atoms with Crippen molar-refractivity contribution in [3.8, 4) is 11.4 Å². The molecule has 160 valence electrons. The topological polar surface area (TPSA) is 85.9 Å². The summed E-state index contributed by atoms with van der Waals surface area (Å²) in [7, 11) is 4.17. The Morgan fingerprint density at radius 3 is 2.77 bits per heavy atom. The zero-order chi connectivity index (χ0) is 21.5. The number of imidazole rings is 1. The number of hydrogen-bond donors (Lipinski definition) is 3. The second-order valence-electron chi connectivity index (χ2n) is 7.76. The van der Waals surface area contributed by atoms with E-state index in [1.807, 2.05) is 19.1 Å². The van der Waals surface area contributed by atoms with E-state index in [0.29, 0.717) is 34.3 Å². The zero-order valence-corrected chi connectivity index (χ0v) is 18.5. The number of H-pyrrole nitrogens is 1. The number of nitrogens with zero attached hydrogens (tertiary/aromatic N) is 3. The Kier molecular flexibility index (Phi) is 7.65. The first-order chi connectivity index (χ1) is 14.4. The summed E-state index contributed by atoms with van der Waals surface area (Å²) < 4.78 is 0. The van der Waals surface area contributed by atoms with Crippen LogP contribution in [0.2, 0.25) is 5.02 Å². The molecule has 0 aliphatic rings. The molecule has 0 aliphatic carbocycles. The zero-order valence-electron chi connectivity index (χ0n) is 17.8. The molecule has 0 radical (unpaired) electrons. The van der Waals surface area contributed by atoms with Gasteiger partial charge in [-0.05, 0) is 70.2 Å². The molecule has 1 aromatic carbocycles. The molecule has 0 spiro atoms. The number of benzene rings is 1. The third-order valence-corrected chi connectivity index (χ3v) is 5.10. The molecule has 0 atom stereocenters. The van der Waals surface area contributed by atoms with Gasteiger partial charge < -0.3 is 20.5 Å². The van der Waals surface area contributed by atoms with Gasteiger partial charge >= 0.3 is 6.03 Å². The monoisotopic (exact) mass is 428 g/mol. The molecule has 2 aromatic heterocycles. The van der Waals surface area contributed by atoms with Crippen molar-refractivity contribution >= 4 is 34.5 Å². The highest BCUT2D eigenvalue weighted by Gasteiger charge is 2.12. The number of carbonyl (C=O) groups is 1. The number of carbonyl (C=O) groups excluding carboxylic acids is 1. The van der Waals surface area contributed by atoms with Crippen LogP contribution < -0.4 is 10.6 Å².